The number of amides is 3. The smallest absolute Gasteiger partial charge is 0.282 e. The third kappa shape index (κ3) is 3.05. The molecule has 1 fully saturated rings. The Kier molecular flexibility index (Phi) is 4.28. The fourth-order valence-corrected chi connectivity index (χ4v) is 2.96. The number of anilines is 1. The van der Waals surface area contributed by atoms with Crippen molar-refractivity contribution in [2.24, 2.45) is 0 Å². The Hall–Kier alpha value is -2.04. The standard InChI is InChI=1S/C17H14Cl2N2O2/c1-11-16(22)20(10-12-3-2-4-14(19)9-12)17(23)21(11)15-7-5-13(18)6-8-15/h2-9,11H,10H2,1H3. The summed E-state index contributed by atoms with van der Waals surface area (Å²) in [5, 5.41) is 1.15. The summed E-state index contributed by atoms with van der Waals surface area (Å²) in [6.45, 7) is 1.92. The maximum absolute atomic E-state index is 12.7. The summed E-state index contributed by atoms with van der Waals surface area (Å²) in [6.07, 6.45) is 0. The van der Waals surface area contributed by atoms with Gasteiger partial charge in [0.15, 0.2) is 0 Å². The number of nitrogens with zero attached hydrogens (tertiary/aromatic N) is 2. The third-order valence-electron chi connectivity index (χ3n) is 3.78. The zero-order valence-electron chi connectivity index (χ0n) is 12.4. The van der Waals surface area contributed by atoms with E-state index in [1.165, 1.54) is 9.80 Å². The molecule has 6 heteroatoms. The van der Waals surface area contributed by atoms with Crippen LogP contribution in [0.3, 0.4) is 0 Å². The molecule has 0 aliphatic carbocycles. The molecular weight excluding hydrogens is 335 g/mol. The number of carbonyl (C=O) groups excluding carboxylic acids is 2. The molecule has 1 heterocycles. The van der Waals surface area contributed by atoms with Crippen LogP contribution in [0.1, 0.15) is 12.5 Å². The second-order valence-corrected chi connectivity index (χ2v) is 6.23. The molecule has 23 heavy (non-hydrogen) atoms. The van der Waals surface area contributed by atoms with E-state index in [9.17, 15) is 9.59 Å². The Balaban J connectivity index is 1.87. The molecule has 0 spiro atoms. The van der Waals surface area contributed by atoms with Crippen LogP contribution in [-0.2, 0) is 11.3 Å². The van der Waals surface area contributed by atoms with Crippen LogP contribution in [0.5, 0.6) is 0 Å². The SMILES string of the molecule is CC1C(=O)N(Cc2cccc(Cl)c2)C(=O)N1c1ccc(Cl)cc1. The summed E-state index contributed by atoms with van der Waals surface area (Å²) in [7, 11) is 0. The summed E-state index contributed by atoms with van der Waals surface area (Å²) >= 11 is 11.8. The Morgan fingerprint density at radius 2 is 1.70 bits per heavy atom. The summed E-state index contributed by atoms with van der Waals surface area (Å²) in [5.41, 5.74) is 1.46. The highest BCUT2D eigenvalue weighted by atomic mass is 35.5. The number of hydrogen-bond donors (Lipinski definition) is 0. The molecule has 0 radical (unpaired) electrons. The Bertz CT molecular complexity index is 761. The summed E-state index contributed by atoms with van der Waals surface area (Å²) < 4.78 is 0. The van der Waals surface area contributed by atoms with E-state index in [-0.39, 0.29) is 18.5 Å². The fourth-order valence-electron chi connectivity index (χ4n) is 2.63. The van der Waals surface area contributed by atoms with Gasteiger partial charge in [0.1, 0.15) is 6.04 Å². The van der Waals surface area contributed by atoms with Gasteiger partial charge in [0.25, 0.3) is 5.91 Å². The average molecular weight is 349 g/mol. The first kappa shape index (κ1) is 15.8. The minimum atomic E-state index is -0.553. The lowest BCUT2D eigenvalue weighted by Crippen LogP contribution is -2.33. The van der Waals surface area contributed by atoms with Gasteiger partial charge in [-0.3, -0.25) is 14.6 Å². The van der Waals surface area contributed by atoms with Crippen LogP contribution in [0.4, 0.5) is 10.5 Å². The molecule has 0 saturated carbocycles. The minimum Gasteiger partial charge on any atom is -0.282 e. The molecule has 1 aliphatic rings. The highest BCUT2D eigenvalue weighted by molar-refractivity contribution is 6.31. The number of rotatable bonds is 3. The second kappa shape index (κ2) is 6.22. The van der Waals surface area contributed by atoms with E-state index in [0.717, 1.165) is 5.56 Å². The van der Waals surface area contributed by atoms with Crippen molar-refractivity contribution < 1.29 is 9.59 Å². The van der Waals surface area contributed by atoms with Crippen molar-refractivity contribution in [3.8, 4) is 0 Å². The molecule has 0 aromatic heterocycles. The molecular formula is C17H14Cl2N2O2. The number of imide groups is 1. The molecule has 1 atom stereocenters. The Morgan fingerprint density at radius 1 is 1.00 bits per heavy atom. The van der Waals surface area contributed by atoms with Crippen LogP contribution >= 0.6 is 23.2 Å². The van der Waals surface area contributed by atoms with Crippen LogP contribution in [0.25, 0.3) is 0 Å². The summed E-state index contributed by atoms with van der Waals surface area (Å²) in [5.74, 6) is -0.232. The number of carbonyl (C=O) groups is 2. The largest absolute Gasteiger partial charge is 0.332 e. The maximum atomic E-state index is 12.7. The first-order valence-electron chi connectivity index (χ1n) is 7.12. The van der Waals surface area contributed by atoms with Gasteiger partial charge in [-0.2, -0.15) is 0 Å². The van der Waals surface area contributed by atoms with Crippen molar-refractivity contribution >= 4 is 40.8 Å². The first-order chi connectivity index (χ1) is 11.0. The topological polar surface area (TPSA) is 40.6 Å². The first-order valence-corrected chi connectivity index (χ1v) is 7.87. The molecule has 0 N–H and O–H groups in total. The number of benzene rings is 2. The van der Waals surface area contributed by atoms with E-state index in [2.05, 4.69) is 0 Å². The molecule has 4 nitrogen and oxygen atoms in total. The van der Waals surface area contributed by atoms with Gasteiger partial charge < -0.3 is 0 Å². The zero-order chi connectivity index (χ0) is 16.6. The molecule has 2 aromatic rings. The van der Waals surface area contributed by atoms with Crippen LogP contribution in [-0.4, -0.2) is 22.9 Å². The molecule has 2 aromatic carbocycles. The van der Waals surface area contributed by atoms with Crippen molar-refractivity contribution in [2.75, 3.05) is 4.90 Å². The lowest BCUT2D eigenvalue weighted by molar-refractivity contribution is -0.127. The van der Waals surface area contributed by atoms with Gasteiger partial charge in [0.05, 0.1) is 6.54 Å². The Morgan fingerprint density at radius 3 is 2.35 bits per heavy atom. The van der Waals surface area contributed by atoms with Gasteiger partial charge in [-0.25, -0.2) is 4.79 Å². The quantitative estimate of drug-likeness (QED) is 0.773. The van der Waals surface area contributed by atoms with Gasteiger partial charge >= 0.3 is 6.03 Å². The maximum Gasteiger partial charge on any atom is 0.332 e. The monoisotopic (exact) mass is 348 g/mol. The lowest BCUT2D eigenvalue weighted by atomic mass is 10.2. The van der Waals surface area contributed by atoms with E-state index in [1.807, 2.05) is 6.07 Å². The molecule has 118 valence electrons. The third-order valence-corrected chi connectivity index (χ3v) is 4.27. The summed E-state index contributed by atoms with van der Waals surface area (Å²) in [4.78, 5) is 27.8. The van der Waals surface area contributed by atoms with Gasteiger partial charge in [-0.05, 0) is 48.9 Å². The number of urea groups is 1. The fraction of sp³-hybridized carbons (Fsp3) is 0.176. The highest BCUT2D eigenvalue weighted by Gasteiger charge is 2.43. The van der Waals surface area contributed by atoms with Crippen molar-refractivity contribution in [3.05, 3.63) is 64.1 Å². The molecule has 1 unspecified atom stereocenters. The van der Waals surface area contributed by atoms with E-state index < -0.39 is 6.04 Å². The normalized spacial score (nSPS) is 18.0. The molecule has 0 bridgehead atoms. The van der Waals surface area contributed by atoms with Gasteiger partial charge in [-0.15, -0.1) is 0 Å². The van der Waals surface area contributed by atoms with Crippen LogP contribution in [0.15, 0.2) is 48.5 Å². The predicted molar refractivity (Wildman–Crippen MR) is 90.8 cm³/mol. The van der Waals surface area contributed by atoms with E-state index >= 15 is 0 Å². The van der Waals surface area contributed by atoms with Gasteiger partial charge in [0, 0.05) is 15.7 Å². The highest BCUT2D eigenvalue weighted by Crippen LogP contribution is 2.28. The minimum absolute atomic E-state index is 0.201. The molecule has 3 rings (SSSR count). The molecule has 3 amide bonds. The number of halogens is 2. The molecule has 1 aliphatic heterocycles. The average Bonchev–Trinajstić information content (AvgIpc) is 2.73. The van der Waals surface area contributed by atoms with Crippen LogP contribution in [0, 0.1) is 0 Å². The van der Waals surface area contributed by atoms with Gasteiger partial charge in [-0.1, -0.05) is 35.3 Å². The van der Waals surface area contributed by atoms with Crippen molar-refractivity contribution in [3.63, 3.8) is 0 Å². The van der Waals surface area contributed by atoms with Crippen LogP contribution in [0.2, 0.25) is 10.0 Å². The van der Waals surface area contributed by atoms with Crippen molar-refractivity contribution in [1.29, 1.82) is 0 Å². The summed E-state index contributed by atoms with van der Waals surface area (Å²) in [6, 6.07) is 13.1. The van der Waals surface area contributed by atoms with E-state index in [4.69, 9.17) is 23.2 Å². The van der Waals surface area contributed by atoms with E-state index in [0.29, 0.717) is 15.7 Å². The van der Waals surface area contributed by atoms with Crippen LogP contribution < -0.4 is 4.90 Å². The zero-order valence-corrected chi connectivity index (χ0v) is 13.9. The Labute approximate surface area is 144 Å². The lowest BCUT2D eigenvalue weighted by Gasteiger charge is -2.19. The second-order valence-electron chi connectivity index (χ2n) is 5.36. The molecule has 1 saturated heterocycles. The predicted octanol–water partition coefficient (Wildman–Crippen LogP) is 4.35. The van der Waals surface area contributed by atoms with Crippen molar-refractivity contribution in [1.82, 2.24) is 4.90 Å². The van der Waals surface area contributed by atoms with Gasteiger partial charge in [0.2, 0.25) is 0 Å². The van der Waals surface area contributed by atoms with Crippen molar-refractivity contribution in [2.45, 2.75) is 19.5 Å². The van der Waals surface area contributed by atoms with E-state index in [1.54, 1.807) is 49.4 Å². The number of hydrogen-bond acceptors (Lipinski definition) is 2.